The molecular weight excluding hydrogens is 299 g/mol. The third-order valence-corrected chi connectivity index (χ3v) is 3.07. The number of methoxy groups -OCH3 is 1. The van der Waals surface area contributed by atoms with Gasteiger partial charge in [0.1, 0.15) is 5.82 Å². The Morgan fingerprint density at radius 1 is 1.09 bits per heavy atom. The Labute approximate surface area is 133 Å². The molecule has 2 aromatic carbocycles. The molecule has 1 amide bonds. The lowest BCUT2D eigenvalue weighted by atomic mass is 10.2. The summed E-state index contributed by atoms with van der Waals surface area (Å²) >= 11 is 0. The Hall–Kier alpha value is -2.89. The van der Waals surface area contributed by atoms with E-state index in [4.69, 9.17) is 0 Å². The van der Waals surface area contributed by atoms with Crippen molar-refractivity contribution in [2.45, 2.75) is 6.42 Å². The molecule has 0 atom stereocenters. The molecule has 0 bridgehead atoms. The topological polar surface area (TPSA) is 67.4 Å². The van der Waals surface area contributed by atoms with Crippen LogP contribution in [0.5, 0.6) is 0 Å². The smallest absolute Gasteiger partial charge is 0.337 e. The van der Waals surface area contributed by atoms with E-state index in [0.717, 1.165) is 0 Å². The Bertz CT molecular complexity index is 704. The minimum atomic E-state index is -0.464. The molecule has 0 aliphatic carbocycles. The SMILES string of the molecule is COC(=O)c1cccc(NC(=O)CCNc2cccc(F)c2)c1. The fourth-order valence-corrected chi connectivity index (χ4v) is 1.98. The van der Waals surface area contributed by atoms with Crippen LogP contribution in [0, 0.1) is 5.82 Å². The Morgan fingerprint density at radius 2 is 1.83 bits per heavy atom. The van der Waals surface area contributed by atoms with Crippen LogP contribution in [0.25, 0.3) is 0 Å². The largest absolute Gasteiger partial charge is 0.465 e. The molecule has 2 rings (SSSR count). The number of amides is 1. The van der Waals surface area contributed by atoms with Crippen molar-refractivity contribution in [2.24, 2.45) is 0 Å². The van der Waals surface area contributed by atoms with Crippen LogP contribution in [0.2, 0.25) is 0 Å². The quantitative estimate of drug-likeness (QED) is 0.804. The van der Waals surface area contributed by atoms with Gasteiger partial charge in [-0.15, -0.1) is 0 Å². The average Bonchev–Trinajstić information content (AvgIpc) is 2.54. The molecule has 0 spiro atoms. The standard InChI is InChI=1S/C17H17FN2O3/c1-23-17(22)12-4-2-7-15(10-12)20-16(21)8-9-19-14-6-3-5-13(18)11-14/h2-7,10-11,19H,8-9H2,1H3,(H,20,21). The highest BCUT2D eigenvalue weighted by Gasteiger charge is 2.07. The van der Waals surface area contributed by atoms with Gasteiger partial charge in [-0.05, 0) is 36.4 Å². The Balaban J connectivity index is 1.84. The maximum atomic E-state index is 13.0. The van der Waals surface area contributed by atoms with E-state index in [-0.39, 0.29) is 18.1 Å². The second-order valence-electron chi connectivity index (χ2n) is 4.81. The van der Waals surface area contributed by atoms with E-state index in [1.165, 1.54) is 19.2 Å². The van der Waals surface area contributed by atoms with Gasteiger partial charge in [-0.3, -0.25) is 4.79 Å². The van der Waals surface area contributed by atoms with Gasteiger partial charge in [0.15, 0.2) is 0 Å². The average molecular weight is 316 g/mol. The van der Waals surface area contributed by atoms with Crippen LogP contribution in [0.15, 0.2) is 48.5 Å². The maximum absolute atomic E-state index is 13.0. The minimum Gasteiger partial charge on any atom is -0.465 e. The molecule has 0 radical (unpaired) electrons. The van der Waals surface area contributed by atoms with Gasteiger partial charge in [-0.1, -0.05) is 12.1 Å². The number of hydrogen-bond acceptors (Lipinski definition) is 4. The van der Waals surface area contributed by atoms with Gasteiger partial charge in [0.05, 0.1) is 12.7 Å². The van der Waals surface area contributed by atoms with E-state index < -0.39 is 5.97 Å². The summed E-state index contributed by atoms with van der Waals surface area (Å²) in [4.78, 5) is 23.3. The summed E-state index contributed by atoms with van der Waals surface area (Å²) in [6.45, 7) is 0.367. The molecule has 0 aliphatic rings. The predicted molar refractivity (Wildman–Crippen MR) is 85.9 cm³/mol. The van der Waals surface area contributed by atoms with E-state index in [0.29, 0.717) is 23.5 Å². The fraction of sp³-hybridized carbons (Fsp3) is 0.176. The summed E-state index contributed by atoms with van der Waals surface area (Å²) < 4.78 is 17.6. The second-order valence-corrected chi connectivity index (χ2v) is 4.81. The van der Waals surface area contributed by atoms with Crippen molar-refractivity contribution in [3.8, 4) is 0 Å². The van der Waals surface area contributed by atoms with Crippen molar-refractivity contribution in [1.82, 2.24) is 0 Å². The molecule has 120 valence electrons. The lowest BCUT2D eigenvalue weighted by Gasteiger charge is -2.08. The molecule has 0 saturated carbocycles. The summed E-state index contributed by atoms with van der Waals surface area (Å²) in [5, 5.41) is 5.66. The molecule has 0 unspecified atom stereocenters. The van der Waals surface area contributed by atoms with Crippen molar-refractivity contribution in [3.05, 3.63) is 59.9 Å². The number of rotatable bonds is 6. The first-order chi connectivity index (χ1) is 11.1. The van der Waals surface area contributed by atoms with Gasteiger partial charge in [0, 0.05) is 24.3 Å². The van der Waals surface area contributed by atoms with Gasteiger partial charge in [-0.25, -0.2) is 9.18 Å². The van der Waals surface area contributed by atoms with Crippen LogP contribution in [0.3, 0.4) is 0 Å². The summed E-state index contributed by atoms with van der Waals surface area (Å²) in [6, 6.07) is 12.5. The predicted octanol–water partition coefficient (Wildman–Crippen LogP) is 3.05. The number of anilines is 2. The molecule has 0 saturated heterocycles. The number of carbonyl (C=O) groups is 2. The van der Waals surface area contributed by atoms with E-state index in [9.17, 15) is 14.0 Å². The molecule has 23 heavy (non-hydrogen) atoms. The number of hydrogen-bond donors (Lipinski definition) is 2. The van der Waals surface area contributed by atoms with E-state index in [1.54, 1.807) is 36.4 Å². The Morgan fingerprint density at radius 3 is 2.57 bits per heavy atom. The maximum Gasteiger partial charge on any atom is 0.337 e. The van der Waals surface area contributed by atoms with Crippen LogP contribution in [0.4, 0.5) is 15.8 Å². The van der Waals surface area contributed by atoms with Crippen LogP contribution < -0.4 is 10.6 Å². The molecule has 0 aliphatic heterocycles. The zero-order chi connectivity index (χ0) is 16.7. The van der Waals surface area contributed by atoms with Crippen molar-refractivity contribution >= 4 is 23.3 Å². The number of benzene rings is 2. The molecule has 2 aromatic rings. The first-order valence-corrected chi connectivity index (χ1v) is 7.06. The van der Waals surface area contributed by atoms with Gasteiger partial charge in [0.2, 0.25) is 5.91 Å². The van der Waals surface area contributed by atoms with Crippen molar-refractivity contribution < 1.29 is 18.7 Å². The molecule has 2 N–H and O–H groups in total. The van der Waals surface area contributed by atoms with Gasteiger partial charge in [-0.2, -0.15) is 0 Å². The summed E-state index contributed by atoms with van der Waals surface area (Å²) in [7, 11) is 1.30. The molecular formula is C17H17FN2O3. The van der Waals surface area contributed by atoms with Crippen molar-refractivity contribution in [1.29, 1.82) is 0 Å². The zero-order valence-electron chi connectivity index (χ0n) is 12.6. The number of carbonyl (C=O) groups excluding carboxylic acids is 2. The van der Waals surface area contributed by atoms with Crippen LogP contribution >= 0.6 is 0 Å². The first kappa shape index (κ1) is 16.5. The van der Waals surface area contributed by atoms with E-state index in [2.05, 4.69) is 15.4 Å². The zero-order valence-corrected chi connectivity index (χ0v) is 12.6. The number of nitrogens with one attached hydrogen (secondary N) is 2. The summed E-state index contributed by atoms with van der Waals surface area (Å²) in [5.41, 5.74) is 1.50. The number of esters is 1. The van der Waals surface area contributed by atoms with Crippen LogP contribution in [0.1, 0.15) is 16.8 Å². The molecule has 0 heterocycles. The number of ether oxygens (including phenoxy) is 1. The van der Waals surface area contributed by atoms with E-state index in [1.807, 2.05) is 0 Å². The molecule has 5 nitrogen and oxygen atoms in total. The van der Waals surface area contributed by atoms with Crippen LogP contribution in [-0.2, 0) is 9.53 Å². The minimum absolute atomic E-state index is 0.207. The summed E-state index contributed by atoms with van der Waals surface area (Å²) in [6.07, 6.45) is 0.207. The molecule has 6 heteroatoms. The molecule has 0 aromatic heterocycles. The third kappa shape index (κ3) is 5.10. The van der Waals surface area contributed by atoms with Gasteiger partial charge >= 0.3 is 5.97 Å². The second kappa shape index (κ2) is 7.93. The summed E-state index contributed by atoms with van der Waals surface area (Å²) in [5.74, 6) is -1.01. The lowest BCUT2D eigenvalue weighted by Crippen LogP contribution is -2.16. The van der Waals surface area contributed by atoms with Gasteiger partial charge in [0.25, 0.3) is 0 Å². The molecule has 0 fully saturated rings. The highest BCUT2D eigenvalue weighted by atomic mass is 19.1. The highest BCUT2D eigenvalue weighted by molar-refractivity contribution is 5.94. The van der Waals surface area contributed by atoms with Crippen molar-refractivity contribution in [3.63, 3.8) is 0 Å². The third-order valence-electron chi connectivity index (χ3n) is 3.07. The van der Waals surface area contributed by atoms with Crippen LogP contribution in [-0.4, -0.2) is 25.5 Å². The monoisotopic (exact) mass is 316 g/mol. The lowest BCUT2D eigenvalue weighted by molar-refractivity contribution is -0.115. The van der Waals surface area contributed by atoms with Gasteiger partial charge < -0.3 is 15.4 Å². The van der Waals surface area contributed by atoms with E-state index >= 15 is 0 Å². The first-order valence-electron chi connectivity index (χ1n) is 7.06. The Kier molecular flexibility index (Phi) is 5.68. The normalized spacial score (nSPS) is 10.0. The highest BCUT2D eigenvalue weighted by Crippen LogP contribution is 2.12. The fourth-order valence-electron chi connectivity index (χ4n) is 1.98. The van der Waals surface area contributed by atoms with Crippen molar-refractivity contribution in [2.75, 3.05) is 24.3 Å². The number of halogens is 1.